The lowest BCUT2D eigenvalue weighted by molar-refractivity contribution is 0.0949. The first-order valence-electron chi connectivity index (χ1n) is 7.99. The van der Waals surface area contributed by atoms with Crippen molar-refractivity contribution < 1.29 is 4.79 Å². The summed E-state index contributed by atoms with van der Waals surface area (Å²) in [5.41, 5.74) is 4.24. The maximum absolute atomic E-state index is 12.0. The van der Waals surface area contributed by atoms with Crippen molar-refractivity contribution in [1.82, 2.24) is 10.3 Å². The largest absolute Gasteiger partial charge is 0.357 e. The predicted octanol–water partition coefficient (Wildman–Crippen LogP) is 4.51. The highest BCUT2D eigenvalue weighted by Gasteiger charge is 2.14. The Bertz CT molecular complexity index is 618. The number of benzene rings is 1. The van der Waals surface area contributed by atoms with Crippen LogP contribution in [0.4, 0.5) is 0 Å². The molecule has 0 bridgehead atoms. The van der Waals surface area contributed by atoms with Gasteiger partial charge < -0.3 is 10.3 Å². The number of aromatic nitrogens is 1. The molecule has 0 aliphatic heterocycles. The highest BCUT2D eigenvalue weighted by Crippen LogP contribution is 2.26. The number of rotatable bonds is 5. The Morgan fingerprint density at radius 2 is 1.82 bits per heavy atom. The normalized spacial score (nSPS) is 11.5. The Kier molecular flexibility index (Phi) is 5.07. The number of nitrogens with one attached hydrogen (secondary N) is 2. The number of H-pyrrole nitrogens is 1. The van der Waals surface area contributed by atoms with Gasteiger partial charge in [-0.1, -0.05) is 58.4 Å². The molecular weight excluding hydrogens is 272 g/mol. The Morgan fingerprint density at radius 3 is 2.41 bits per heavy atom. The molecule has 0 aliphatic rings. The van der Waals surface area contributed by atoms with Gasteiger partial charge in [-0.2, -0.15) is 0 Å². The fraction of sp³-hybridized carbons (Fsp3) is 0.421. The van der Waals surface area contributed by atoms with E-state index in [9.17, 15) is 4.79 Å². The molecule has 0 spiro atoms. The van der Waals surface area contributed by atoms with Crippen LogP contribution >= 0.6 is 0 Å². The van der Waals surface area contributed by atoms with Gasteiger partial charge in [-0.25, -0.2) is 0 Å². The lowest BCUT2D eigenvalue weighted by atomic mass is 9.86. The minimum absolute atomic E-state index is 0.0361. The van der Waals surface area contributed by atoms with E-state index < -0.39 is 0 Å². The second-order valence-corrected chi connectivity index (χ2v) is 6.74. The molecule has 0 saturated heterocycles. The Morgan fingerprint density at radius 1 is 1.14 bits per heavy atom. The van der Waals surface area contributed by atoms with Crippen LogP contribution in [-0.4, -0.2) is 17.4 Å². The molecule has 3 heteroatoms. The average Bonchev–Trinajstić information content (AvgIpc) is 2.96. The monoisotopic (exact) mass is 298 g/mol. The van der Waals surface area contributed by atoms with E-state index in [1.54, 1.807) is 0 Å². The zero-order valence-electron chi connectivity index (χ0n) is 14.0. The molecule has 0 atom stereocenters. The molecule has 1 heterocycles. The van der Waals surface area contributed by atoms with E-state index >= 15 is 0 Å². The highest BCUT2D eigenvalue weighted by molar-refractivity contribution is 5.93. The summed E-state index contributed by atoms with van der Waals surface area (Å²) in [6, 6.07) is 10.4. The van der Waals surface area contributed by atoms with Crippen LogP contribution in [0, 0.1) is 0 Å². The number of carbonyl (C=O) groups is 1. The number of amides is 1. The van der Waals surface area contributed by atoms with Crippen molar-refractivity contribution in [2.24, 2.45) is 0 Å². The molecule has 3 nitrogen and oxygen atoms in total. The summed E-state index contributed by atoms with van der Waals surface area (Å²) in [4.78, 5) is 15.1. The fourth-order valence-corrected chi connectivity index (χ4v) is 2.33. The molecule has 2 rings (SSSR count). The molecule has 2 N–H and O–H groups in total. The number of carbonyl (C=O) groups excluding carboxylic acids is 1. The SMILES string of the molecule is CCCCNC(=O)c1cc(-c2ccc(C(C)(C)C)cc2)c[nH]1. The Labute approximate surface area is 133 Å². The number of unbranched alkanes of at least 4 members (excludes halogenated alkanes) is 1. The van der Waals surface area contributed by atoms with Gasteiger partial charge in [0.1, 0.15) is 5.69 Å². The van der Waals surface area contributed by atoms with Gasteiger partial charge in [-0.05, 0) is 34.6 Å². The highest BCUT2D eigenvalue weighted by atomic mass is 16.1. The van der Waals surface area contributed by atoms with Crippen LogP contribution in [0.5, 0.6) is 0 Å². The molecule has 1 amide bonds. The van der Waals surface area contributed by atoms with E-state index in [1.165, 1.54) is 5.56 Å². The summed E-state index contributed by atoms with van der Waals surface area (Å²) in [6.07, 6.45) is 3.98. The van der Waals surface area contributed by atoms with E-state index in [-0.39, 0.29) is 11.3 Å². The summed E-state index contributed by atoms with van der Waals surface area (Å²) in [6.45, 7) is 9.45. The van der Waals surface area contributed by atoms with Gasteiger partial charge in [0.15, 0.2) is 0 Å². The summed E-state index contributed by atoms with van der Waals surface area (Å²) >= 11 is 0. The van der Waals surface area contributed by atoms with Crippen LogP contribution in [0.3, 0.4) is 0 Å². The van der Waals surface area contributed by atoms with Crippen LogP contribution in [0.25, 0.3) is 11.1 Å². The second kappa shape index (κ2) is 6.82. The third-order valence-electron chi connectivity index (χ3n) is 3.83. The molecule has 1 aromatic carbocycles. The fourth-order valence-electron chi connectivity index (χ4n) is 2.33. The minimum atomic E-state index is -0.0361. The molecule has 2 aromatic rings. The van der Waals surface area contributed by atoms with E-state index in [2.05, 4.69) is 62.3 Å². The molecule has 0 fully saturated rings. The minimum Gasteiger partial charge on any atom is -0.357 e. The Hall–Kier alpha value is -2.03. The van der Waals surface area contributed by atoms with Gasteiger partial charge in [0.05, 0.1) is 0 Å². The van der Waals surface area contributed by atoms with Crippen molar-refractivity contribution in [3.63, 3.8) is 0 Å². The van der Waals surface area contributed by atoms with E-state index in [0.717, 1.165) is 30.5 Å². The molecule has 1 aromatic heterocycles. The summed E-state index contributed by atoms with van der Waals surface area (Å²) < 4.78 is 0. The quantitative estimate of drug-likeness (QED) is 0.784. The van der Waals surface area contributed by atoms with Gasteiger partial charge >= 0.3 is 0 Å². The standard InChI is InChI=1S/C19H26N2O/c1-5-6-11-20-18(22)17-12-15(13-21-17)14-7-9-16(10-8-14)19(2,3)4/h7-10,12-13,21H,5-6,11H2,1-4H3,(H,20,22). The lowest BCUT2D eigenvalue weighted by Gasteiger charge is -2.19. The summed E-state index contributed by atoms with van der Waals surface area (Å²) in [5, 5.41) is 2.92. The maximum Gasteiger partial charge on any atom is 0.267 e. The van der Waals surface area contributed by atoms with Crippen LogP contribution in [-0.2, 0) is 5.41 Å². The molecular formula is C19H26N2O. The van der Waals surface area contributed by atoms with Gasteiger partial charge in [0.2, 0.25) is 0 Å². The smallest absolute Gasteiger partial charge is 0.267 e. The van der Waals surface area contributed by atoms with Crippen molar-refractivity contribution in [1.29, 1.82) is 0 Å². The molecule has 0 saturated carbocycles. The van der Waals surface area contributed by atoms with Crippen LogP contribution in [0.2, 0.25) is 0 Å². The van der Waals surface area contributed by atoms with Crippen LogP contribution in [0.1, 0.15) is 56.6 Å². The predicted molar refractivity (Wildman–Crippen MR) is 92.2 cm³/mol. The van der Waals surface area contributed by atoms with Gasteiger partial charge in [0.25, 0.3) is 5.91 Å². The summed E-state index contributed by atoms with van der Waals surface area (Å²) in [7, 11) is 0. The lowest BCUT2D eigenvalue weighted by Crippen LogP contribution is -2.24. The first-order chi connectivity index (χ1) is 10.4. The average molecular weight is 298 g/mol. The van der Waals surface area contributed by atoms with Crippen molar-refractivity contribution in [2.75, 3.05) is 6.54 Å². The third-order valence-corrected chi connectivity index (χ3v) is 3.83. The second-order valence-electron chi connectivity index (χ2n) is 6.74. The molecule has 0 aliphatic carbocycles. The van der Waals surface area contributed by atoms with Gasteiger partial charge in [-0.15, -0.1) is 0 Å². The topological polar surface area (TPSA) is 44.9 Å². The van der Waals surface area contributed by atoms with Crippen LogP contribution < -0.4 is 5.32 Å². The molecule has 118 valence electrons. The van der Waals surface area contributed by atoms with E-state index in [4.69, 9.17) is 0 Å². The van der Waals surface area contributed by atoms with E-state index in [0.29, 0.717) is 5.69 Å². The third kappa shape index (κ3) is 4.00. The van der Waals surface area contributed by atoms with Crippen molar-refractivity contribution in [3.05, 3.63) is 47.8 Å². The zero-order chi connectivity index (χ0) is 16.2. The maximum atomic E-state index is 12.0. The number of aromatic amines is 1. The molecule has 22 heavy (non-hydrogen) atoms. The van der Waals surface area contributed by atoms with Crippen LogP contribution in [0.15, 0.2) is 36.5 Å². The first-order valence-corrected chi connectivity index (χ1v) is 7.99. The Balaban J connectivity index is 2.09. The number of hydrogen-bond acceptors (Lipinski definition) is 1. The molecule has 0 radical (unpaired) electrons. The molecule has 0 unspecified atom stereocenters. The first kappa shape index (κ1) is 16.3. The van der Waals surface area contributed by atoms with Crippen molar-refractivity contribution >= 4 is 5.91 Å². The van der Waals surface area contributed by atoms with Crippen molar-refractivity contribution in [3.8, 4) is 11.1 Å². The number of hydrogen-bond donors (Lipinski definition) is 2. The zero-order valence-corrected chi connectivity index (χ0v) is 14.0. The van der Waals surface area contributed by atoms with Gasteiger partial charge in [0, 0.05) is 12.7 Å². The van der Waals surface area contributed by atoms with E-state index in [1.807, 2.05) is 12.3 Å². The summed E-state index contributed by atoms with van der Waals surface area (Å²) in [5.74, 6) is -0.0361. The van der Waals surface area contributed by atoms with Crippen molar-refractivity contribution in [2.45, 2.75) is 46.0 Å². The van der Waals surface area contributed by atoms with Gasteiger partial charge in [-0.3, -0.25) is 4.79 Å².